The maximum Gasteiger partial charge on any atom is 0.277 e. The molecule has 2 aromatic heterocycles. The molecule has 1 N–H and O–H groups in total. The Morgan fingerprint density at radius 1 is 1.08 bits per heavy atom. The maximum absolute atomic E-state index is 13.5. The van der Waals surface area contributed by atoms with Gasteiger partial charge in [-0.15, -0.1) is 5.10 Å². The quantitative estimate of drug-likeness (QED) is 0.294. The van der Waals surface area contributed by atoms with E-state index in [4.69, 9.17) is 14.2 Å². The van der Waals surface area contributed by atoms with Gasteiger partial charge in [-0.25, -0.2) is 17.9 Å². The molecule has 3 aromatic rings. The number of hydrogen-bond acceptors (Lipinski definition) is 8. The monoisotopic (exact) mass is 535 g/mol. The van der Waals surface area contributed by atoms with Crippen molar-refractivity contribution in [3.63, 3.8) is 0 Å². The molecule has 0 atom stereocenters. The summed E-state index contributed by atoms with van der Waals surface area (Å²) in [6, 6.07) is 4.56. The van der Waals surface area contributed by atoms with Gasteiger partial charge in [-0.2, -0.15) is 4.31 Å². The van der Waals surface area contributed by atoms with Gasteiger partial charge in [0.2, 0.25) is 10.0 Å². The smallest absolute Gasteiger partial charge is 0.277 e. The van der Waals surface area contributed by atoms with Crippen LogP contribution in [0.15, 0.2) is 27.9 Å². The summed E-state index contributed by atoms with van der Waals surface area (Å²) in [6.07, 6.45) is 3.71. The van der Waals surface area contributed by atoms with Crippen LogP contribution >= 0.6 is 0 Å². The molecule has 0 saturated carbocycles. The first-order valence-electron chi connectivity index (χ1n) is 12.5. The van der Waals surface area contributed by atoms with E-state index in [0.717, 1.165) is 19.3 Å². The molecule has 0 spiro atoms. The van der Waals surface area contributed by atoms with Crippen LogP contribution in [-0.2, 0) is 25.9 Å². The molecule has 1 aromatic carbocycles. The minimum absolute atomic E-state index is 0.0471. The highest BCUT2D eigenvalue weighted by molar-refractivity contribution is 7.89. The van der Waals surface area contributed by atoms with Gasteiger partial charge >= 0.3 is 0 Å². The zero-order valence-electron chi connectivity index (χ0n) is 22.2. The third kappa shape index (κ3) is 6.56. The first-order valence-corrected chi connectivity index (χ1v) is 14.0. The van der Waals surface area contributed by atoms with Crippen LogP contribution in [0.1, 0.15) is 44.6 Å². The first-order chi connectivity index (χ1) is 17.8. The topological polar surface area (TPSA) is 128 Å². The lowest BCUT2D eigenvalue weighted by molar-refractivity contribution is 0.150. The lowest BCUT2D eigenvalue weighted by atomic mass is 10.2. The molecule has 0 radical (unpaired) electrons. The first kappa shape index (κ1) is 28.8. The van der Waals surface area contributed by atoms with E-state index in [9.17, 15) is 13.2 Å². The highest BCUT2D eigenvalue weighted by atomic mass is 32.2. The van der Waals surface area contributed by atoms with E-state index in [2.05, 4.69) is 22.0 Å². The minimum Gasteiger partial charge on any atom is -0.493 e. The van der Waals surface area contributed by atoms with Gasteiger partial charge in [-0.3, -0.25) is 4.79 Å². The van der Waals surface area contributed by atoms with E-state index in [1.54, 1.807) is 17.5 Å². The summed E-state index contributed by atoms with van der Waals surface area (Å²) in [6.45, 7) is 6.89. The lowest BCUT2D eigenvalue weighted by Gasteiger charge is -2.22. The van der Waals surface area contributed by atoms with Crippen molar-refractivity contribution in [3.8, 4) is 17.1 Å². The van der Waals surface area contributed by atoms with Crippen LogP contribution in [0, 0.1) is 6.92 Å². The molecule has 11 nitrogen and oxygen atoms in total. The number of aromatic nitrogens is 4. The Morgan fingerprint density at radius 2 is 1.78 bits per heavy atom. The minimum atomic E-state index is -3.90. The third-order valence-corrected chi connectivity index (χ3v) is 7.87. The van der Waals surface area contributed by atoms with Gasteiger partial charge in [-0.05, 0) is 38.5 Å². The summed E-state index contributed by atoms with van der Waals surface area (Å²) >= 11 is 0. The van der Waals surface area contributed by atoms with E-state index in [0.29, 0.717) is 41.4 Å². The molecule has 3 rings (SSSR count). The van der Waals surface area contributed by atoms with Crippen LogP contribution in [0.2, 0.25) is 0 Å². The van der Waals surface area contributed by atoms with E-state index < -0.39 is 10.0 Å². The average Bonchev–Trinajstić information content (AvgIpc) is 3.20. The number of fused-ring (bicyclic) bond motifs is 1. The van der Waals surface area contributed by atoms with E-state index >= 15 is 0 Å². The van der Waals surface area contributed by atoms with Crippen LogP contribution in [0.4, 0.5) is 0 Å². The zero-order valence-corrected chi connectivity index (χ0v) is 23.1. The number of rotatable bonds is 15. The van der Waals surface area contributed by atoms with Crippen LogP contribution in [-0.4, -0.2) is 79.4 Å². The number of sulfonamides is 1. The Morgan fingerprint density at radius 3 is 2.41 bits per heavy atom. The van der Waals surface area contributed by atoms with Crippen LogP contribution in [0.5, 0.6) is 5.75 Å². The Kier molecular flexibility index (Phi) is 10.2. The van der Waals surface area contributed by atoms with Gasteiger partial charge in [0.15, 0.2) is 11.3 Å². The van der Waals surface area contributed by atoms with Crippen molar-refractivity contribution in [2.45, 2.75) is 51.3 Å². The molecule has 12 heteroatoms. The molecule has 37 heavy (non-hydrogen) atoms. The van der Waals surface area contributed by atoms with Gasteiger partial charge in [-0.1, -0.05) is 19.8 Å². The number of hydrogen-bond donors (Lipinski definition) is 1. The standard InChI is InChI=1S/C25H37N5O6S/c1-6-8-9-10-22-26-18(3)23-25(31)27-24(28-30(22)23)20-17-19(11-12-21(20)36-7-2)37(32,33)29(13-15-34-4)14-16-35-5/h11-12,17H,6-10,13-16H2,1-5H3,(H,27,28,31). The van der Waals surface area contributed by atoms with Crippen molar-refractivity contribution >= 4 is 15.5 Å². The second-order valence-electron chi connectivity index (χ2n) is 8.61. The molecule has 0 bridgehead atoms. The van der Waals surface area contributed by atoms with E-state index in [-0.39, 0.29) is 42.6 Å². The predicted molar refractivity (Wildman–Crippen MR) is 141 cm³/mol. The average molecular weight is 536 g/mol. The fourth-order valence-corrected chi connectivity index (χ4v) is 5.51. The Labute approximate surface area is 217 Å². The summed E-state index contributed by atoms with van der Waals surface area (Å²) in [5.74, 6) is 1.31. The normalized spacial score (nSPS) is 12.1. The number of unbranched alkanes of at least 4 members (excludes halogenated alkanes) is 2. The van der Waals surface area contributed by atoms with Gasteiger partial charge < -0.3 is 19.2 Å². The van der Waals surface area contributed by atoms with Crippen molar-refractivity contribution < 1.29 is 22.6 Å². The van der Waals surface area contributed by atoms with Crippen molar-refractivity contribution in [1.29, 1.82) is 0 Å². The SMILES string of the molecule is CCCCCc1nc(C)c2c(=O)[nH]c(-c3cc(S(=O)(=O)N(CCOC)CCOC)ccc3OCC)nn12. The molecule has 2 heterocycles. The van der Waals surface area contributed by atoms with Crippen LogP contribution < -0.4 is 10.3 Å². The molecule has 0 aliphatic heterocycles. The number of nitrogens with zero attached hydrogens (tertiary/aromatic N) is 4. The molecule has 0 amide bonds. The molecule has 0 unspecified atom stereocenters. The maximum atomic E-state index is 13.5. The summed E-state index contributed by atoms with van der Waals surface area (Å²) in [5, 5.41) is 4.69. The molecule has 204 valence electrons. The summed E-state index contributed by atoms with van der Waals surface area (Å²) in [4.78, 5) is 20.5. The van der Waals surface area contributed by atoms with Crippen molar-refractivity contribution in [3.05, 3.63) is 40.1 Å². The van der Waals surface area contributed by atoms with Crippen LogP contribution in [0.3, 0.4) is 0 Å². The molecular weight excluding hydrogens is 498 g/mol. The van der Waals surface area contributed by atoms with Gasteiger partial charge in [0, 0.05) is 33.7 Å². The van der Waals surface area contributed by atoms with Gasteiger partial charge in [0.1, 0.15) is 11.6 Å². The van der Waals surface area contributed by atoms with Gasteiger partial charge in [0.05, 0.1) is 36.0 Å². The third-order valence-electron chi connectivity index (χ3n) is 5.98. The number of aryl methyl sites for hydroxylation is 2. The predicted octanol–water partition coefficient (Wildman–Crippen LogP) is 2.81. The highest BCUT2D eigenvalue weighted by Gasteiger charge is 2.26. The number of methoxy groups -OCH3 is 2. The lowest BCUT2D eigenvalue weighted by Crippen LogP contribution is -2.36. The molecule has 0 aliphatic carbocycles. The fraction of sp³-hybridized carbons (Fsp3) is 0.560. The highest BCUT2D eigenvalue weighted by Crippen LogP contribution is 2.31. The van der Waals surface area contributed by atoms with E-state index in [1.165, 1.54) is 30.7 Å². The second-order valence-corrected chi connectivity index (χ2v) is 10.6. The molecule has 0 saturated heterocycles. The number of H-pyrrole nitrogens is 1. The second kappa shape index (κ2) is 13.1. The molecule has 0 aliphatic rings. The molecule has 0 fully saturated rings. The van der Waals surface area contributed by atoms with Crippen molar-refractivity contribution in [2.75, 3.05) is 47.1 Å². The summed E-state index contributed by atoms with van der Waals surface area (Å²) in [7, 11) is -0.868. The van der Waals surface area contributed by atoms with Gasteiger partial charge in [0.25, 0.3) is 5.56 Å². The number of ether oxygens (including phenoxy) is 3. The van der Waals surface area contributed by atoms with Crippen molar-refractivity contribution in [2.24, 2.45) is 0 Å². The number of aromatic amines is 1. The largest absolute Gasteiger partial charge is 0.493 e. The number of benzene rings is 1. The van der Waals surface area contributed by atoms with E-state index in [1.807, 2.05) is 6.92 Å². The number of imidazole rings is 1. The number of nitrogens with one attached hydrogen (secondary N) is 1. The summed E-state index contributed by atoms with van der Waals surface area (Å²) in [5.41, 5.74) is 0.989. The van der Waals surface area contributed by atoms with Crippen LogP contribution in [0.25, 0.3) is 16.9 Å². The fourth-order valence-electron chi connectivity index (χ4n) is 4.08. The Balaban J connectivity index is 2.14. The Hall–Kier alpha value is -2.80. The van der Waals surface area contributed by atoms with Crippen molar-refractivity contribution in [1.82, 2.24) is 23.9 Å². The molecular formula is C25H37N5O6S. The zero-order chi connectivity index (χ0) is 27.0. The Bertz CT molecular complexity index is 1340. The summed E-state index contributed by atoms with van der Waals surface area (Å²) < 4.78 is 46.0.